The molecule has 0 saturated heterocycles. The molecular formula is C14H28N2O3. The van der Waals surface area contributed by atoms with Crippen LogP contribution in [-0.4, -0.2) is 55.5 Å². The molecule has 19 heavy (non-hydrogen) atoms. The Labute approximate surface area is 116 Å². The molecule has 1 saturated carbocycles. The Hall–Kier alpha value is -0.810. The third-order valence-corrected chi connectivity index (χ3v) is 2.88. The Kier molecular flexibility index (Phi) is 6.07. The van der Waals surface area contributed by atoms with Gasteiger partial charge in [-0.2, -0.15) is 0 Å². The minimum atomic E-state index is -0.430. The topological polar surface area (TPSA) is 50.8 Å². The first kappa shape index (κ1) is 16.2. The van der Waals surface area contributed by atoms with Crippen molar-refractivity contribution in [3.05, 3.63) is 0 Å². The average Bonchev–Trinajstić information content (AvgIpc) is 3.05. The molecule has 5 nitrogen and oxygen atoms in total. The lowest BCUT2D eigenvalue weighted by Gasteiger charge is -2.28. The first-order valence-corrected chi connectivity index (χ1v) is 7.05. The number of rotatable bonds is 7. The lowest BCUT2D eigenvalue weighted by atomic mass is 10.2. The van der Waals surface area contributed by atoms with E-state index in [9.17, 15) is 4.79 Å². The third-order valence-electron chi connectivity index (χ3n) is 2.88. The zero-order valence-electron chi connectivity index (χ0n) is 12.9. The maximum Gasteiger partial charge on any atom is 0.410 e. The van der Waals surface area contributed by atoms with Gasteiger partial charge in [0.05, 0.1) is 6.61 Å². The number of amides is 1. The molecule has 1 atom stereocenters. The van der Waals surface area contributed by atoms with Gasteiger partial charge in [0.15, 0.2) is 0 Å². The second-order valence-corrected chi connectivity index (χ2v) is 6.22. The minimum absolute atomic E-state index is 0.198. The predicted octanol–water partition coefficient (Wildman–Crippen LogP) is 2.01. The molecule has 1 amide bonds. The van der Waals surface area contributed by atoms with Crippen LogP contribution in [0.5, 0.6) is 0 Å². The van der Waals surface area contributed by atoms with Crippen LogP contribution >= 0.6 is 0 Å². The van der Waals surface area contributed by atoms with Crippen molar-refractivity contribution in [3.8, 4) is 0 Å². The van der Waals surface area contributed by atoms with Crippen LogP contribution in [0.3, 0.4) is 0 Å². The van der Waals surface area contributed by atoms with Crippen LogP contribution in [0.1, 0.15) is 40.5 Å². The first-order valence-electron chi connectivity index (χ1n) is 7.05. The molecular weight excluding hydrogens is 244 g/mol. The van der Waals surface area contributed by atoms with Crippen LogP contribution in [-0.2, 0) is 9.47 Å². The molecule has 0 bridgehead atoms. The van der Waals surface area contributed by atoms with Gasteiger partial charge in [0, 0.05) is 32.3 Å². The number of ether oxygens (including phenoxy) is 2. The van der Waals surface area contributed by atoms with Gasteiger partial charge in [-0.15, -0.1) is 0 Å². The molecule has 1 N–H and O–H groups in total. The van der Waals surface area contributed by atoms with Gasteiger partial charge >= 0.3 is 6.09 Å². The van der Waals surface area contributed by atoms with Gasteiger partial charge in [0.1, 0.15) is 5.60 Å². The highest BCUT2D eigenvalue weighted by Gasteiger charge is 2.34. The van der Waals surface area contributed by atoms with Gasteiger partial charge in [0.2, 0.25) is 0 Å². The molecule has 1 rings (SSSR count). The number of nitrogens with zero attached hydrogens (tertiary/aromatic N) is 1. The van der Waals surface area contributed by atoms with Crippen LogP contribution in [0.25, 0.3) is 0 Å². The van der Waals surface area contributed by atoms with Crippen molar-refractivity contribution in [2.75, 3.05) is 26.8 Å². The maximum atomic E-state index is 12.1. The fourth-order valence-corrected chi connectivity index (χ4v) is 1.87. The summed E-state index contributed by atoms with van der Waals surface area (Å²) in [6, 6.07) is 0.666. The molecule has 0 radical (unpaired) electrons. The standard InChI is InChI=1S/C14H28N2O3/c1-11(10-18-5)15-8-9-16(12-6-7-12)13(17)19-14(2,3)4/h11-12,15H,6-10H2,1-5H3. The van der Waals surface area contributed by atoms with E-state index in [0.717, 1.165) is 19.4 Å². The lowest BCUT2D eigenvalue weighted by Crippen LogP contribution is -2.43. The van der Waals surface area contributed by atoms with Crippen molar-refractivity contribution in [3.63, 3.8) is 0 Å². The monoisotopic (exact) mass is 272 g/mol. The number of nitrogens with one attached hydrogen (secondary N) is 1. The SMILES string of the molecule is COCC(C)NCCN(C(=O)OC(C)(C)C)C1CC1. The van der Waals surface area contributed by atoms with Crippen LogP contribution < -0.4 is 5.32 Å². The Morgan fingerprint density at radius 2 is 2.05 bits per heavy atom. The Morgan fingerprint density at radius 3 is 2.53 bits per heavy atom. The van der Waals surface area contributed by atoms with Crippen molar-refractivity contribution >= 4 is 6.09 Å². The highest BCUT2D eigenvalue weighted by atomic mass is 16.6. The highest BCUT2D eigenvalue weighted by Crippen LogP contribution is 2.27. The predicted molar refractivity (Wildman–Crippen MR) is 75.3 cm³/mol. The van der Waals surface area contributed by atoms with Crippen molar-refractivity contribution in [1.82, 2.24) is 10.2 Å². The lowest BCUT2D eigenvalue weighted by molar-refractivity contribution is 0.0233. The van der Waals surface area contributed by atoms with E-state index < -0.39 is 5.60 Å². The van der Waals surface area contributed by atoms with E-state index in [2.05, 4.69) is 12.2 Å². The first-order chi connectivity index (χ1) is 8.83. The van der Waals surface area contributed by atoms with E-state index in [4.69, 9.17) is 9.47 Å². The molecule has 1 fully saturated rings. The van der Waals surface area contributed by atoms with Gasteiger partial charge in [0.25, 0.3) is 0 Å². The van der Waals surface area contributed by atoms with E-state index in [1.165, 1.54) is 0 Å². The zero-order valence-corrected chi connectivity index (χ0v) is 12.9. The Morgan fingerprint density at radius 1 is 1.42 bits per heavy atom. The zero-order chi connectivity index (χ0) is 14.5. The number of hydrogen-bond donors (Lipinski definition) is 1. The van der Waals surface area contributed by atoms with Crippen molar-refractivity contribution in [2.45, 2.75) is 58.2 Å². The average molecular weight is 272 g/mol. The third kappa shape index (κ3) is 6.78. The summed E-state index contributed by atoms with van der Waals surface area (Å²) in [6.45, 7) is 9.89. The summed E-state index contributed by atoms with van der Waals surface area (Å²) in [5.74, 6) is 0. The van der Waals surface area contributed by atoms with Crippen molar-refractivity contribution in [2.24, 2.45) is 0 Å². The summed E-state index contributed by atoms with van der Waals surface area (Å²) in [7, 11) is 1.69. The second-order valence-electron chi connectivity index (χ2n) is 6.22. The van der Waals surface area contributed by atoms with Gasteiger partial charge < -0.3 is 19.7 Å². The van der Waals surface area contributed by atoms with Gasteiger partial charge in [-0.05, 0) is 40.5 Å². The maximum absolute atomic E-state index is 12.1. The van der Waals surface area contributed by atoms with E-state index >= 15 is 0 Å². The molecule has 1 aliphatic rings. The van der Waals surface area contributed by atoms with Crippen molar-refractivity contribution in [1.29, 1.82) is 0 Å². The molecule has 0 aromatic heterocycles. The van der Waals surface area contributed by atoms with E-state index in [0.29, 0.717) is 25.2 Å². The summed E-state index contributed by atoms with van der Waals surface area (Å²) in [6.07, 6.45) is 1.98. The summed E-state index contributed by atoms with van der Waals surface area (Å²) in [5.41, 5.74) is -0.430. The Balaban J connectivity index is 2.35. The number of methoxy groups -OCH3 is 1. The van der Waals surface area contributed by atoms with Crippen LogP contribution in [0.4, 0.5) is 4.79 Å². The quantitative estimate of drug-likeness (QED) is 0.770. The number of carbonyl (C=O) groups excluding carboxylic acids is 1. The smallest absolute Gasteiger partial charge is 0.410 e. The molecule has 0 aliphatic heterocycles. The van der Waals surface area contributed by atoms with Crippen LogP contribution in [0.2, 0.25) is 0 Å². The summed E-state index contributed by atoms with van der Waals surface area (Å²) in [4.78, 5) is 13.9. The largest absolute Gasteiger partial charge is 0.444 e. The van der Waals surface area contributed by atoms with Gasteiger partial charge in [-0.3, -0.25) is 0 Å². The molecule has 0 heterocycles. The second kappa shape index (κ2) is 7.10. The van der Waals surface area contributed by atoms with Crippen molar-refractivity contribution < 1.29 is 14.3 Å². The molecule has 1 aliphatic carbocycles. The van der Waals surface area contributed by atoms with E-state index in [1.807, 2.05) is 25.7 Å². The molecule has 0 aromatic rings. The number of carbonyl (C=O) groups is 1. The van der Waals surface area contributed by atoms with Crippen LogP contribution in [0, 0.1) is 0 Å². The van der Waals surface area contributed by atoms with E-state index in [-0.39, 0.29) is 6.09 Å². The van der Waals surface area contributed by atoms with Gasteiger partial charge in [-0.1, -0.05) is 0 Å². The molecule has 5 heteroatoms. The summed E-state index contributed by atoms with van der Waals surface area (Å²) >= 11 is 0. The minimum Gasteiger partial charge on any atom is -0.444 e. The highest BCUT2D eigenvalue weighted by molar-refractivity contribution is 5.69. The van der Waals surface area contributed by atoms with E-state index in [1.54, 1.807) is 7.11 Å². The summed E-state index contributed by atoms with van der Waals surface area (Å²) < 4.78 is 10.5. The molecule has 112 valence electrons. The molecule has 0 spiro atoms. The van der Waals surface area contributed by atoms with Gasteiger partial charge in [-0.25, -0.2) is 4.79 Å². The molecule has 1 unspecified atom stereocenters. The fourth-order valence-electron chi connectivity index (χ4n) is 1.87. The van der Waals surface area contributed by atoms with Crippen LogP contribution in [0.15, 0.2) is 0 Å². The fraction of sp³-hybridized carbons (Fsp3) is 0.929. The Bertz CT molecular complexity index is 285. The number of hydrogen-bond acceptors (Lipinski definition) is 4. The molecule has 0 aromatic carbocycles. The normalized spacial score (nSPS) is 17.1. The summed E-state index contributed by atoms with van der Waals surface area (Å²) in [5, 5.41) is 3.34.